The number of hydrogen-bond acceptors (Lipinski definition) is 2. The van der Waals surface area contributed by atoms with Gasteiger partial charge in [0.15, 0.2) is 0 Å². The second-order valence-electron chi connectivity index (χ2n) is 4.27. The Hall–Kier alpha value is -0.810. The van der Waals surface area contributed by atoms with Crippen molar-refractivity contribution in [3.63, 3.8) is 0 Å². The van der Waals surface area contributed by atoms with Crippen LogP contribution in [-0.2, 0) is 18.5 Å². The van der Waals surface area contributed by atoms with Crippen LogP contribution in [-0.4, -0.2) is 9.78 Å². The molecule has 0 saturated carbocycles. The first-order valence-corrected chi connectivity index (χ1v) is 8.06. The van der Waals surface area contributed by atoms with E-state index in [2.05, 4.69) is 56.0 Å². The Balaban J connectivity index is 2.14. The summed E-state index contributed by atoms with van der Waals surface area (Å²) in [5, 5.41) is 5.19. The Labute approximate surface area is 130 Å². The van der Waals surface area contributed by atoms with Gasteiger partial charge in [-0.25, -0.2) is 0 Å². The molecule has 0 amide bonds. The summed E-state index contributed by atoms with van der Waals surface area (Å²) in [6, 6.07) is 8.10. The Morgan fingerprint density at radius 2 is 2.11 bits per heavy atom. The van der Waals surface area contributed by atoms with Crippen LogP contribution in [0.5, 0.6) is 5.75 Å². The van der Waals surface area contributed by atoms with Crippen LogP contribution >= 0.6 is 31.9 Å². The second-order valence-corrected chi connectivity index (χ2v) is 5.74. The molecule has 1 aromatic carbocycles. The summed E-state index contributed by atoms with van der Waals surface area (Å²) in [4.78, 5) is 0. The van der Waals surface area contributed by atoms with Gasteiger partial charge in [0.05, 0.1) is 11.4 Å². The van der Waals surface area contributed by atoms with E-state index in [0.29, 0.717) is 6.61 Å². The largest absolute Gasteiger partial charge is 0.487 e. The van der Waals surface area contributed by atoms with E-state index >= 15 is 0 Å². The van der Waals surface area contributed by atoms with Crippen molar-refractivity contribution in [2.24, 2.45) is 0 Å². The Kier molecular flexibility index (Phi) is 5.05. The number of alkyl halides is 1. The fourth-order valence-electron chi connectivity index (χ4n) is 1.93. The molecule has 19 heavy (non-hydrogen) atoms. The zero-order valence-electron chi connectivity index (χ0n) is 11.0. The topological polar surface area (TPSA) is 27.1 Å². The molecule has 1 heterocycles. The van der Waals surface area contributed by atoms with Gasteiger partial charge in [0, 0.05) is 21.9 Å². The molecule has 0 aliphatic carbocycles. The van der Waals surface area contributed by atoms with Crippen molar-refractivity contribution >= 4 is 31.9 Å². The van der Waals surface area contributed by atoms with Gasteiger partial charge in [-0.15, -0.1) is 0 Å². The maximum absolute atomic E-state index is 5.91. The average molecular weight is 388 g/mol. The number of aryl methyl sites for hydroxylation is 2. The molecule has 2 rings (SSSR count). The molecular formula is C14H16Br2N2O. The quantitative estimate of drug-likeness (QED) is 0.708. The third-order valence-electron chi connectivity index (χ3n) is 2.83. The Morgan fingerprint density at radius 1 is 1.32 bits per heavy atom. The standard InChI is InChI=1S/C14H16Br2N2O/c1-3-18-13(6-10(2)17-18)9-19-14-5-4-12(16)7-11(14)8-15/h4-7H,3,8-9H2,1-2H3. The molecular weight excluding hydrogens is 372 g/mol. The number of aromatic nitrogens is 2. The lowest BCUT2D eigenvalue weighted by molar-refractivity contribution is 0.290. The van der Waals surface area contributed by atoms with E-state index in [4.69, 9.17) is 4.74 Å². The lowest BCUT2D eigenvalue weighted by Crippen LogP contribution is -2.06. The van der Waals surface area contributed by atoms with Crippen molar-refractivity contribution in [1.29, 1.82) is 0 Å². The number of halogens is 2. The molecule has 1 aromatic heterocycles. The highest BCUT2D eigenvalue weighted by Gasteiger charge is 2.07. The van der Waals surface area contributed by atoms with E-state index < -0.39 is 0 Å². The fraction of sp³-hybridized carbons (Fsp3) is 0.357. The number of benzene rings is 1. The van der Waals surface area contributed by atoms with Crippen molar-refractivity contribution < 1.29 is 4.74 Å². The van der Waals surface area contributed by atoms with E-state index in [1.165, 1.54) is 0 Å². The average Bonchev–Trinajstić information content (AvgIpc) is 2.77. The number of ether oxygens (including phenoxy) is 1. The molecule has 0 N–H and O–H groups in total. The lowest BCUT2D eigenvalue weighted by Gasteiger charge is -2.11. The van der Waals surface area contributed by atoms with Gasteiger partial charge in [-0.2, -0.15) is 5.10 Å². The van der Waals surface area contributed by atoms with Gasteiger partial charge in [-0.3, -0.25) is 4.68 Å². The molecule has 0 radical (unpaired) electrons. The van der Waals surface area contributed by atoms with E-state index in [9.17, 15) is 0 Å². The Bertz CT molecular complexity index is 567. The summed E-state index contributed by atoms with van der Waals surface area (Å²) in [6.45, 7) is 5.48. The van der Waals surface area contributed by atoms with Crippen molar-refractivity contribution in [2.75, 3.05) is 0 Å². The van der Waals surface area contributed by atoms with Crippen LogP contribution < -0.4 is 4.74 Å². The summed E-state index contributed by atoms with van der Waals surface area (Å²) >= 11 is 6.95. The number of rotatable bonds is 5. The molecule has 0 saturated heterocycles. The summed E-state index contributed by atoms with van der Waals surface area (Å²) in [5.74, 6) is 0.904. The monoisotopic (exact) mass is 386 g/mol. The number of nitrogens with zero attached hydrogens (tertiary/aromatic N) is 2. The maximum atomic E-state index is 5.91. The zero-order chi connectivity index (χ0) is 13.8. The fourth-order valence-corrected chi connectivity index (χ4v) is 2.78. The molecule has 0 aliphatic rings. The maximum Gasteiger partial charge on any atom is 0.130 e. The zero-order valence-corrected chi connectivity index (χ0v) is 14.2. The molecule has 0 aliphatic heterocycles. The highest BCUT2D eigenvalue weighted by Crippen LogP contribution is 2.26. The van der Waals surface area contributed by atoms with E-state index in [1.807, 2.05) is 23.7 Å². The minimum atomic E-state index is 0.538. The SMILES string of the molecule is CCn1nc(C)cc1COc1ccc(Br)cc1CBr. The van der Waals surface area contributed by atoms with Crippen LogP contribution in [0, 0.1) is 6.92 Å². The van der Waals surface area contributed by atoms with Gasteiger partial charge in [0.2, 0.25) is 0 Å². The lowest BCUT2D eigenvalue weighted by atomic mass is 10.2. The summed E-state index contributed by atoms with van der Waals surface area (Å²) in [6.07, 6.45) is 0. The number of hydrogen-bond donors (Lipinski definition) is 0. The third kappa shape index (κ3) is 3.60. The van der Waals surface area contributed by atoms with Crippen molar-refractivity contribution in [1.82, 2.24) is 9.78 Å². The minimum absolute atomic E-state index is 0.538. The summed E-state index contributed by atoms with van der Waals surface area (Å²) in [5.41, 5.74) is 3.26. The van der Waals surface area contributed by atoms with Crippen molar-refractivity contribution in [3.05, 3.63) is 45.7 Å². The molecule has 3 nitrogen and oxygen atoms in total. The molecule has 0 spiro atoms. The van der Waals surface area contributed by atoms with Crippen LogP contribution in [0.3, 0.4) is 0 Å². The van der Waals surface area contributed by atoms with Crippen molar-refractivity contribution in [3.8, 4) is 5.75 Å². The van der Waals surface area contributed by atoms with E-state index in [-0.39, 0.29) is 0 Å². The van der Waals surface area contributed by atoms with Gasteiger partial charge in [0.1, 0.15) is 12.4 Å². The van der Waals surface area contributed by atoms with Gasteiger partial charge < -0.3 is 4.74 Å². The third-order valence-corrected chi connectivity index (χ3v) is 3.92. The Morgan fingerprint density at radius 3 is 2.79 bits per heavy atom. The van der Waals surface area contributed by atoms with Gasteiger partial charge in [-0.1, -0.05) is 31.9 Å². The first-order valence-electron chi connectivity index (χ1n) is 6.14. The van der Waals surface area contributed by atoms with Crippen LogP contribution in [0.4, 0.5) is 0 Å². The van der Waals surface area contributed by atoms with E-state index in [1.54, 1.807) is 0 Å². The molecule has 0 unspecified atom stereocenters. The molecule has 102 valence electrons. The predicted molar refractivity (Wildman–Crippen MR) is 83.7 cm³/mol. The summed E-state index contributed by atoms with van der Waals surface area (Å²) in [7, 11) is 0. The molecule has 0 atom stereocenters. The highest BCUT2D eigenvalue weighted by atomic mass is 79.9. The first kappa shape index (κ1) is 14.6. The van der Waals surface area contributed by atoms with Crippen LogP contribution in [0.15, 0.2) is 28.7 Å². The first-order chi connectivity index (χ1) is 9.13. The minimum Gasteiger partial charge on any atom is -0.487 e. The predicted octanol–water partition coefficient (Wildman–Crippen LogP) is 4.45. The van der Waals surface area contributed by atoms with Gasteiger partial charge >= 0.3 is 0 Å². The van der Waals surface area contributed by atoms with Gasteiger partial charge in [0.25, 0.3) is 0 Å². The van der Waals surface area contributed by atoms with Crippen LogP contribution in [0.2, 0.25) is 0 Å². The van der Waals surface area contributed by atoms with Crippen LogP contribution in [0.1, 0.15) is 23.9 Å². The smallest absolute Gasteiger partial charge is 0.130 e. The highest BCUT2D eigenvalue weighted by molar-refractivity contribution is 9.10. The van der Waals surface area contributed by atoms with Crippen LogP contribution in [0.25, 0.3) is 0 Å². The van der Waals surface area contributed by atoms with E-state index in [0.717, 1.165) is 39.0 Å². The molecule has 0 fully saturated rings. The van der Waals surface area contributed by atoms with Gasteiger partial charge in [-0.05, 0) is 38.1 Å². The van der Waals surface area contributed by atoms with Crippen molar-refractivity contribution in [2.45, 2.75) is 32.3 Å². The normalized spacial score (nSPS) is 10.7. The second kappa shape index (κ2) is 6.57. The molecule has 0 bridgehead atoms. The molecule has 2 aromatic rings. The summed E-state index contributed by atoms with van der Waals surface area (Å²) < 4.78 is 8.95. The molecule has 5 heteroatoms.